The highest BCUT2D eigenvalue weighted by Gasteiger charge is 2.28. The maximum atomic E-state index is 13.2. The summed E-state index contributed by atoms with van der Waals surface area (Å²) < 4.78 is 27.7. The minimum atomic E-state index is -3.74. The normalized spacial score (nSPS) is 18.7. The molecule has 1 unspecified atom stereocenters. The highest BCUT2D eigenvalue weighted by Crippen LogP contribution is 2.31. The van der Waals surface area contributed by atoms with Crippen LogP contribution in [-0.2, 0) is 27.8 Å². The molecule has 9 nitrogen and oxygen atoms in total. The molecule has 1 atom stereocenters. The quantitative estimate of drug-likeness (QED) is 0.717. The van der Waals surface area contributed by atoms with Gasteiger partial charge in [0, 0.05) is 39.9 Å². The van der Waals surface area contributed by atoms with Gasteiger partial charge in [-0.1, -0.05) is 0 Å². The van der Waals surface area contributed by atoms with E-state index in [1.165, 1.54) is 4.31 Å². The molecule has 1 amide bonds. The van der Waals surface area contributed by atoms with Crippen molar-refractivity contribution < 1.29 is 13.2 Å². The average molecular weight is 445 g/mol. The zero-order valence-electron chi connectivity index (χ0n) is 18.3. The maximum Gasteiger partial charge on any atom is 0.243 e. The molecule has 1 N–H and O–H groups in total. The first-order valence-corrected chi connectivity index (χ1v) is 11.7. The maximum absolute atomic E-state index is 13.2. The van der Waals surface area contributed by atoms with Crippen LogP contribution >= 0.6 is 0 Å². The van der Waals surface area contributed by atoms with Gasteiger partial charge in [-0.2, -0.15) is 4.31 Å². The van der Waals surface area contributed by atoms with Crippen LogP contribution in [0.25, 0.3) is 0 Å². The number of hydrogen-bond donors (Lipinski definition) is 1. The molecule has 3 heterocycles. The van der Waals surface area contributed by atoms with Crippen LogP contribution in [0.4, 0.5) is 11.5 Å². The van der Waals surface area contributed by atoms with Gasteiger partial charge in [0.1, 0.15) is 11.6 Å². The van der Waals surface area contributed by atoms with E-state index in [1.54, 1.807) is 37.2 Å². The van der Waals surface area contributed by atoms with Crippen molar-refractivity contribution in [3.8, 4) is 0 Å². The van der Waals surface area contributed by atoms with E-state index in [0.29, 0.717) is 11.5 Å². The van der Waals surface area contributed by atoms with Gasteiger partial charge in [-0.3, -0.25) is 4.79 Å². The number of likely N-dealkylation sites (N-methyl/N-ethyl adjacent to an activating group) is 1. The summed E-state index contributed by atoms with van der Waals surface area (Å²) in [6.07, 6.45) is 2.25. The van der Waals surface area contributed by atoms with Gasteiger partial charge >= 0.3 is 0 Å². The number of nitrogens with one attached hydrogen (secondary N) is 1. The smallest absolute Gasteiger partial charge is 0.243 e. The number of nitrogens with zero attached hydrogens (tertiary/aromatic N) is 5. The van der Waals surface area contributed by atoms with Crippen LogP contribution in [0.2, 0.25) is 0 Å². The summed E-state index contributed by atoms with van der Waals surface area (Å²) in [4.78, 5) is 24.9. The fraction of sp³-hybridized carbons (Fsp3) is 0.476. The summed E-state index contributed by atoms with van der Waals surface area (Å²) in [5.74, 6) is 1.41. The molecule has 31 heavy (non-hydrogen) atoms. The van der Waals surface area contributed by atoms with Crippen LogP contribution in [0.5, 0.6) is 0 Å². The van der Waals surface area contributed by atoms with Crippen LogP contribution < -0.4 is 15.1 Å². The zero-order chi connectivity index (χ0) is 22.3. The Morgan fingerprint density at radius 1 is 1.19 bits per heavy atom. The molecule has 4 rings (SSSR count). The van der Waals surface area contributed by atoms with Crippen molar-refractivity contribution in [3.05, 3.63) is 41.3 Å². The van der Waals surface area contributed by atoms with E-state index in [9.17, 15) is 13.2 Å². The lowest BCUT2D eigenvalue weighted by Gasteiger charge is -2.20. The molecule has 1 aromatic heterocycles. The second kappa shape index (κ2) is 8.18. The summed E-state index contributed by atoms with van der Waals surface area (Å²) in [5.41, 5.74) is 2.13. The lowest BCUT2D eigenvalue weighted by molar-refractivity contribution is -0.117. The van der Waals surface area contributed by atoms with Crippen LogP contribution in [0, 0.1) is 0 Å². The third-order valence-corrected chi connectivity index (χ3v) is 7.63. The van der Waals surface area contributed by atoms with Gasteiger partial charge in [0.15, 0.2) is 0 Å². The van der Waals surface area contributed by atoms with Crippen LogP contribution in [0.15, 0.2) is 29.2 Å². The first-order chi connectivity index (χ1) is 14.7. The standard InChI is InChI=1S/C21H28N6O3S/c1-25(2)19-12-15(23-21(24-19)17-6-5-9-22-17)13-26(3)31(29,30)16-7-8-18-14(10-16)11-20(28)27(18)4/h7-8,10,12,17,22H,5-6,9,11,13H2,1-4H3. The van der Waals surface area contributed by atoms with Crippen molar-refractivity contribution in [1.82, 2.24) is 19.6 Å². The average Bonchev–Trinajstić information content (AvgIpc) is 3.36. The molecule has 0 aliphatic carbocycles. The summed E-state index contributed by atoms with van der Waals surface area (Å²) in [6.45, 7) is 1.06. The van der Waals surface area contributed by atoms with Crippen molar-refractivity contribution in [2.45, 2.75) is 36.7 Å². The van der Waals surface area contributed by atoms with E-state index in [4.69, 9.17) is 0 Å². The summed E-state index contributed by atoms with van der Waals surface area (Å²) >= 11 is 0. The van der Waals surface area contributed by atoms with Crippen molar-refractivity contribution >= 4 is 27.4 Å². The Morgan fingerprint density at radius 2 is 1.97 bits per heavy atom. The van der Waals surface area contributed by atoms with Gasteiger partial charge in [-0.15, -0.1) is 0 Å². The molecule has 1 fully saturated rings. The Labute approximate surface area is 183 Å². The zero-order valence-corrected chi connectivity index (χ0v) is 19.1. The summed E-state index contributed by atoms with van der Waals surface area (Å²) in [6, 6.07) is 6.76. The van der Waals surface area contributed by atoms with E-state index >= 15 is 0 Å². The molecule has 10 heteroatoms. The molecule has 0 radical (unpaired) electrons. The molecule has 0 bridgehead atoms. The third kappa shape index (κ3) is 4.15. The Bertz CT molecular complexity index is 1110. The molecular weight excluding hydrogens is 416 g/mol. The number of sulfonamides is 1. The van der Waals surface area contributed by atoms with E-state index in [2.05, 4.69) is 15.3 Å². The Balaban J connectivity index is 1.61. The van der Waals surface area contributed by atoms with Crippen LogP contribution in [0.1, 0.15) is 36.0 Å². The van der Waals surface area contributed by atoms with Gasteiger partial charge in [0.2, 0.25) is 15.9 Å². The van der Waals surface area contributed by atoms with Crippen molar-refractivity contribution in [2.24, 2.45) is 0 Å². The van der Waals surface area contributed by atoms with Gasteiger partial charge in [0.05, 0.1) is 29.6 Å². The van der Waals surface area contributed by atoms with Crippen molar-refractivity contribution in [1.29, 1.82) is 0 Å². The Hall–Kier alpha value is -2.56. The van der Waals surface area contributed by atoms with E-state index in [1.807, 2.05) is 25.1 Å². The van der Waals surface area contributed by atoms with Gasteiger partial charge in [-0.25, -0.2) is 18.4 Å². The van der Waals surface area contributed by atoms with Gasteiger partial charge in [0.25, 0.3) is 0 Å². The first kappa shape index (κ1) is 21.7. The number of carbonyl (C=O) groups excluding carboxylic acids is 1. The lowest BCUT2D eigenvalue weighted by atomic mass is 10.2. The summed E-state index contributed by atoms with van der Waals surface area (Å²) in [5, 5.41) is 3.40. The molecule has 0 saturated carbocycles. The molecule has 1 saturated heterocycles. The van der Waals surface area contributed by atoms with E-state index in [0.717, 1.165) is 36.5 Å². The second-order valence-corrected chi connectivity index (χ2v) is 10.3. The number of benzene rings is 1. The van der Waals surface area contributed by atoms with E-state index < -0.39 is 10.0 Å². The van der Waals surface area contributed by atoms with Gasteiger partial charge < -0.3 is 15.1 Å². The predicted molar refractivity (Wildman–Crippen MR) is 119 cm³/mol. The number of anilines is 2. The number of rotatable bonds is 6. The molecule has 2 aliphatic heterocycles. The topological polar surface area (TPSA) is 98.7 Å². The number of carbonyl (C=O) groups is 1. The highest BCUT2D eigenvalue weighted by atomic mass is 32.2. The SMILES string of the molecule is CN(C)c1cc(CN(C)S(=O)(=O)c2ccc3c(c2)CC(=O)N3C)nc(C2CCCN2)n1. The Morgan fingerprint density at radius 3 is 2.65 bits per heavy atom. The molecular formula is C21H28N6O3S. The molecule has 2 aromatic rings. The molecule has 0 spiro atoms. The predicted octanol–water partition coefficient (Wildman–Crippen LogP) is 1.31. The van der Waals surface area contributed by atoms with E-state index in [-0.39, 0.29) is 29.8 Å². The van der Waals surface area contributed by atoms with Crippen molar-refractivity contribution in [2.75, 3.05) is 44.5 Å². The molecule has 166 valence electrons. The van der Waals surface area contributed by atoms with Gasteiger partial charge in [-0.05, 0) is 43.1 Å². The molecule has 2 aliphatic rings. The largest absolute Gasteiger partial charge is 0.363 e. The number of amides is 1. The minimum Gasteiger partial charge on any atom is -0.363 e. The summed E-state index contributed by atoms with van der Waals surface area (Å²) in [7, 11) is 3.31. The fourth-order valence-corrected chi connectivity index (χ4v) is 5.17. The number of fused-ring (bicyclic) bond motifs is 1. The first-order valence-electron chi connectivity index (χ1n) is 10.3. The van der Waals surface area contributed by atoms with Crippen LogP contribution in [-0.4, -0.2) is 63.3 Å². The van der Waals surface area contributed by atoms with Crippen LogP contribution in [0.3, 0.4) is 0 Å². The highest BCUT2D eigenvalue weighted by molar-refractivity contribution is 7.89. The fourth-order valence-electron chi connectivity index (χ4n) is 3.97. The second-order valence-electron chi connectivity index (χ2n) is 8.30. The van der Waals surface area contributed by atoms with Crippen molar-refractivity contribution in [3.63, 3.8) is 0 Å². The molecule has 1 aromatic carbocycles. The monoisotopic (exact) mass is 444 g/mol. The minimum absolute atomic E-state index is 0.0387. The lowest BCUT2D eigenvalue weighted by Crippen LogP contribution is -2.28. The number of aromatic nitrogens is 2. The Kier molecular flexibility index (Phi) is 5.71. The third-order valence-electron chi connectivity index (χ3n) is 5.83. The number of hydrogen-bond acceptors (Lipinski definition) is 7.